The van der Waals surface area contributed by atoms with Gasteiger partial charge in [-0.2, -0.15) is 0 Å². The Morgan fingerprint density at radius 1 is 0.938 bits per heavy atom. The molecule has 1 rings (SSSR count). The summed E-state index contributed by atoms with van der Waals surface area (Å²) in [6.07, 6.45) is 8.86. The van der Waals surface area contributed by atoms with Crippen LogP contribution >= 0.6 is 0 Å². The van der Waals surface area contributed by atoms with E-state index in [9.17, 15) is 0 Å². The van der Waals surface area contributed by atoms with Crippen molar-refractivity contribution in [2.75, 3.05) is 0 Å². The van der Waals surface area contributed by atoms with E-state index in [1.54, 1.807) is 0 Å². The second-order valence-electron chi connectivity index (χ2n) is 3.94. The fraction of sp³-hybridized carbons (Fsp3) is 0.250. The van der Waals surface area contributed by atoms with Crippen LogP contribution in [0.3, 0.4) is 0 Å². The molecule has 0 atom stereocenters. The summed E-state index contributed by atoms with van der Waals surface area (Å²) in [5, 5.41) is 0. The van der Waals surface area contributed by atoms with E-state index in [1.807, 2.05) is 18.2 Å². The monoisotopic (exact) mass is 212 g/mol. The van der Waals surface area contributed by atoms with E-state index in [-0.39, 0.29) is 0 Å². The maximum Gasteiger partial charge on any atom is -0.00902 e. The maximum absolute atomic E-state index is 3.83. The lowest BCUT2D eigenvalue weighted by Crippen LogP contribution is -2.01. The molecule has 0 nitrogen and oxygen atoms in total. The highest BCUT2D eigenvalue weighted by atomic mass is 14.2. The predicted molar refractivity (Wildman–Crippen MR) is 72.7 cm³/mol. The topological polar surface area (TPSA) is 0 Å². The smallest absolute Gasteiger partial charge is 0.00902 e. The Morgan fingerprint density at radius 2 is 1.56 bits per heavy atom. The molecule has 0 radical (unpaired) electrons. The van der Waals surface area contributed by atoms with Crippen LogP contribution in [0.15, 0.2) is 62.2 Å². The molecular formula is C16H20. The lowest BCUT2D eigenvalue weighted by molar-refractivity contribution is 0.706. The van der Waals surface area contributed by atoms with Gasteiger partial charge in [-0.15, -0.1) is 19.7 Å². The van der Waals surface area contributed by atoms with Gasteiger partial charge in [0.15, 0.2) is 0 Å². The SMILES string of the molecule is C=CCc1ccccc1C(CC=C)CC=C. The van der Waals surface area contributed by atoms with Crippen molar-refractivity contribution in [2.45, 2.75) is 25.2 Å². The summed E-state index contributed by atoms with van der Waals surface area (Å²) in [7, 11) is 0. The maximum atomic E-state index is 3.83. The van der Waals surface area contributed by atoms with Crippen molar-refractivity contribution in [1.29, 1.82) is 0 Å². The first-order valence-corrected chi connectivity index (χ1v) is 5.74. The van der Waals surface area contributed by atoms with E-state index in [0.29, 0.717) is 5.92 Å². The van der Waals surface area contributed by atoms with Gasteiger partial charge >= 0.3 is 0 Å². The molecule has 0 amide bonds. The molecule has 0 saturated carbocycles. The summed E-state index contributed by atoms with van der Waals surface area (Å²) in [6, 6.07) is 8.56. The number of rotatable bonds is 7. The summed E-state index contributed by atoms with van der Waals surface area (Å²) in [4.78, 5) is 0. The molecule has 0 heteroatoms. The van der Waals surface area contributed by atoms with Crippen LogP contribution in [0.1, 0.15) is 29.9 Å². The van der Waals surface area contributed by atoms with Gasteiger partial charge in [-0.3, -0.25) is 0 Å². The first kappa shape index (κ1) is 12.5. The minimum Gasteiger partial charge on any atom is -0.103 e. The molecule has 0 aliphatic heterocycles. The molecule has 0 aromatic heterocycles. The number of allylic oxidation sites excluding steroid dienone is 3. The van der Waals surface area contributed by atoms with Crippen LogP contribution in [0.25, 0.3) is 0 Å². The zero-order valence-electron chi connectivity index (χ0n) is 9.86. The highest BCUT2D eigenvalue weighted by Gasteiger charge is 2.11. The largest absolute Gasteiger partial charge is 0.103 e. The zero-order valence-corrected chi connectivity index (χ0v) is 9.86. The van der Waals surface area contributed by atoms with Gasteiger partial charge in [0.25, 0.3) is 0 Å². The van der Waals surface area contributed by atoms with Crippen molar-refractivity contribution >= 4 is 0 Å². The van der Waals surface area contributed by atoms with E-state index in [1.165, 1.54) is 11.1 Å². The van der Waals surface area contributed by atoms with Crippen LogP contribution in [0.4, 0.5) is 0 Å². The third-order valence-corrected chi connectivity index (χ3v) is 2.76. The minimum atomic E-state index is 0.506. The number of benzene rings is 1. The molecule has 0 aliphatic carbocycles. The van der Waals surface area contributed by atoms with Gasteiger partial charge < -0.3 is 0 Å². The van der Waals surface area contributed by atoms with Crippen molar-refractivity contribution < 1.29 is 0 Å². The van der Waals surface area contributed by atoms with Crippen LogP contribution in [0, 0.1) is 0 Å². The number of hydrogen-bond donors (Lipinski definition) is 0. The fourth-order valence-corrected chi connectivity index (χ4v) is 2.03. The lowest BCUT2D eigenvalue weighted by Gasteiger charge is -2.17. The highest BCUT2D eigenvalue weighted by molar-refractivity contribution is 5.32. The molecule has 0 N–H and O–H groups in total. The molecule has 0 heterocycles. The van der Waals surface area contributed by atoms with Gasteiger partial charge in [0, 0.05) is 0 Å². The quantitative estimate of drug-likeness (QED) is 0.577. The number of hydrogen-bond acceptors (Lipinski definition) is 0. The average molecular weight is 212 g/mol. The van der Waals surface area contributed by atoms with E-state index in [0.717, 1.165) is 19.3 Å². The second-order valence-corrected chi connectivity index (χ2v) is 3.94. The summed E-state index contributed by atoms with van der Waals surface area (Å²) in [6.45, 7) is 11.5. The van der Waals surface area contributed by atoms with Gasteiger partial charge in [0.05, 0.1) is 0 Å². The van der Waals surface area contributed by atoms with Gasteiger partial charge in [-0.1, -0.05) is 42.5 Å². The lowest BCUT2D eigenvalue weighted by atomic mass is 9.88. The van der Waals surface area contributed by atoms with E-state index in [2.05, 4.69) is 44.0 Å². The Bertz CT molecular complexity index is 350. The van der Waals surface area contributed by atoms with E-state index >= 15 is 0 Å². The normalized spacial score (nSPS) is 10.1. The Hall–Kier alpha value is -1.56. The van der Waals surface area contributed by atoms with Crippen molar-refractivity contribution in [1.82, 2.24) is 0 Å². The van der Waals surface area contributed by atoms with Crippen LogP contribution in [-0.4, -0.2) is 0 Å². The standard InChI is InChI=1S/C16H20/c1-4-9-14(10-5-2)16-13-8-7-12-15(16)11-6-3/h4-8,12-14H,1-3,9-11H2. The molecule has 84 valence electrons. The Kier molecular flexibility index (Phi) is 5.35. The van der Waals surface area contributed by atoms with E-state index in [4.69, 9.17) is 0 Å². The first-order valence-electron chi connectivity index (χ1n) is 5.74. The van der Waals surface area contributed by atoms with Crippen LogP contribution in [0.5, 0.6) is 0 Å². The first-order chi connectivity index (χ1) is 7.83. The molecule has 0 fully saturated rings. The third kappa shape index (κ3) is 3.23. The Morgan fingerprint density at radius 3 is 2.12 bits per heavy atom. The molecule has 0 bridgehead atoms. The fourth-order valence-electron chi connectivity index (χ4n) is 2.03. The Balaban J connectivity index is 3.00. The van der Waals surface area contributed by atoms with E-state index < -0.39 is 0 Å². The second kappa shape index (κ2) is 6.84. The predicted octanol–water partition coefficient (Wildman–Crippen LogP) is 4.65. The third-order valence-electron chi connectivity index (χ3n) is 2.76. The van der Waals surface area contributed by atoms with Gasteiger partial charge in [0.2, 0.25) is 0 Å². The summed E-state index contributed by atoms with van der Waals surface area (Å²) >= 11 is 0. The molecule has 0 saturated heterocycles. The van der Waals surface area contributed by atoms with Crippen molar-refractivity contribution in [3.05, 3.63) is 73.4 Å². The molecule has 1 aromatic rings. The average Bonchev–Trinajstić information content (AvgIpc) is 2.30. The molecule has 0 aliphatic rings. The molecule has 0 spiro atoms. The van der Waals surface area contributed by atoms with Crippen molar-refractivity contribution in [2.24, 2.45) is 0 Å². The molecule has 16 heavy (non-hydrogen) atoms. The van der Waals surface area contributed by atoms with Crippen LogP contribution in [0.2, 0.25) is 0 Å². The van der Waals surface area contributed by atoms with Crippen LogP contribution in [-0.2, 0) is 6.42 Å². The summed E-state index contributed by atoms with van der Waals surface area (Å²) in [5.74, 6) is 0.506. The van der Waals surface area contributed by atoms with Crippen LogP contribution < -0.4 is 0 Å². The van der Waals surface area contributed by atoms with Crippen molar-refractivity contribution in [3.63, 3.8) is 0 Å². The molecule has 1 aromatic carbocycles. The minimum absolute atomic E-state index is 0.506. The summed E-state index contributed by atoms with van der Waals surface area (Å²) in [5.41, 5.74) is 2.77. The van der Waals surface area contributed by atoms with Gasteiger partial charge in [0.1, 0.15) is 0 Å². The van der Waals surface area contributed by atoms with Crippen molar-refractivity contribution in [3.8, 4) is 0 Å². The molecule has 0 unspecified atom stereocenters. The van der Waals surface area contributed by atoms with Gasteiger partial charge in [-0.05, 0) is 36.3 Å². The van der Waals surface area contributed by atoms with Gasteiger partial charge in [-0.25, -0.2) is 0 Å². The zero-order chi connectivity index (χ0) is 11.8. The molecular weight excluding hydrogens is 192 g/mol. The highest BCUT2D eigenvalue weighted by Crippen LogP contribution is 2.27. The summed E-state index contributed by atoms with van der Waals surface area (Å²) < 4.78 is 0. The Labute approximate surface area is 99.0 Å².